The zero-order chi connectivity index (χ0) is 12.6. The van der Waals surface area contributed by atoms with Crippen molar-refractivity contribution in [3.8, 4) is 0 Å². The van der Waals surface area contributed by atoms with Gasteiger partial charge in [0.15, 0.2) is 0 Å². The van der Waals surface area contributed by atoms with Crippen LogP contribution in [-0.2, 0) is 4.74 Å². The molecular weight excluding hydrogens is 226 g/mol. The summed E-state index contributed by atoms with van der Waals surface area (Å²) in [6.07, 6.45) is 10.6. The first kappa shape index (κ1) is 14.3. The number of aliphatic hydroxyl groups is 1. The molecule has 1 saturated heterocycles. The van der Waals surface area contributed by atoms with Crippen molar-refractivity contribution in [1.29, 1.82) is 0 Å². The van der Waals surface area contributed by atoms with Crippen LogP contribution in [0.2, 0.25) is 0 Å². The lowest BCUT2D eigenvalue weighted by Gasteiger charge is -2.37. The Morgan fingerprint density at radius 1 is 1.00 bits per heavy atom. The summed E-state index contributed by atoms with van der Waals surface area (Å²) in [4.78, 5) is 2.51. The second-order valence-corrected chi connectivity index (χ2v) is 5.90. The fourth-order valence-corrected chi connectivity index (χ4v) is 3.14. The first-order valence-corrected chi connectivity index (χ1v) is 7.83. The average molecular weight is 255 g/mol. The Morgan fingerprint density at radius 3 is 2.39 bits per heavy atom. The third kappa shape index (κ3) is 4.52. The zero-order valence-corrected chi connectivity index (χ0v) is 11.6. The van der Waals surface area contributed by atoms with E-state index in [9.17, 15) is 0 Å². The maximum absolute atomic E-state index is 9.11. The van der Waals surface area contributed by atoms with E-state index in [0.29, 0.717) is 6.61 Å². The molecule has 0 spiro atoms. The maximum Gasteiger partial charge on any atom is 0.0558 e. The molecule has 0 radical (unpaired) electrons. The Hall–Kier alpha value is -0.120. The summed E-state index contributed by atoms with van der Waals surface area (Å²) in [5.41, 5.74) is 0. The normalized spacial score (nSPS) is 22.3. The number of hydrogen-bond donors (Lipinski definition) is 1. The van der Waals surface area contributed by atoms with Gasteiger partial charge in [-0.3, -0.25) is 4.90 Å². The van der Waals surface area contributed by atoms with Crippen LogP contribution in [0.1, 0.15) is 51.4 Å². The summed E-state index contributed by atoms with van der Waals surface area (Å²) in [6, 6.07) is 0.778. The third-order valence-corrected chi connectivity index (χ3v) is 4.63. The molecule has 0 aromatic rings. The molecule has 3 nitrogen and oxygen atoms in total. The summed E-state index contributed by atoms with van der Waals surface area (Å²) in [6.45, 7) is 4.33. The molecule has 106 valence electrons. The number of rotatable bonds is 8. The van der Waals surface area contributed by atoms with Crippen molar-refractivity contribution in [1.82, 2.24) is 4.90 Å². The Kier molecular flexibility index (Phi) is 6.46. The molecule has 3 heteroatoms. The van der Waals surface area contributed by atoms with Crippen molar-refractivity contribution in [3.63, 3.8) is 0 Å². The highest BCUT2D eigenvalue weighted by atomic mass is 16.5. The summed E-state index contributed by atoms with van der Waals surface area (Å²) in [7, 11) is 0. The second-order valence-electron chi connectivity index (χ2n) is 5.90. The van der Waals surface area contributed by atoms with E-state index in [-0.39, 0.29) is 0 Å². The predicted molar refractivity (Wildman–Crippen MR) is 73.7 cm³/mol. The molecule has 18 heavy (non-hydrogen) atoms. The molecule has 0 bridgehead atoms. The molecule has 1 saturated carbocycles. The van der Waals surface area contributed by atoms with Crippen molar-refractivity contribution in [3.05, 3.63) is 0 Å². The molecular formula is C15H29NO2. The molecule has 0 aromatic heterocycles. The fourth-order valence-electron chi connectivity index (χ4n) is 3.14. The molecule has 1 aliphatic carbocycles. The van der Waals surface area contributed by atoms with E-state index in [2.05, 4.69) is 4.90 Å². The molecule has 0 aromatic carbocycles. The van der Waals surface area contributed by atoms with Crippen molar-refractivity contribution in [2.75, 3.05) is 32.9 Å². The molecule has 2 aliphatic rings. The lowest BCUT2D eigenvalue weighted by atomic mass is 9.90. The number of aliphatic hydroxyl groups excluding tert-OH is 1. The number of nitrogens with zero attached hydrogens (tertiary/aromatic N) is 1. The smallest absolute Gasteiger partial charge is 0.0558 e. The van der Waals surface area contributed by atoms with Gasteiger partial charge >= 0.3 is 0 Å². The highest BCUT2D eigenvalue weighted by Crippen LogP contribution is 2.25. The van der Waals surface area contributed by atoms with Crippen LogP contribution in [0, 0.1) is 5.92 Å². The second kappa shape index (κ2) is 8.13. The molecule has 1 N–H and O–H groups in total. The highest BCUT2D eigenvalue weighted by molar-refractivity contribution is 4.79. The number of unbranched alkanes of at least 4 members (excludes halogenated alkanes) is 1. The zero-order valence-electron chi connectivity index (χ0n) is 11.6. The van der Waals surface area contributed by atoms with Gasteiger partial charge in [0.05, 0.1) is 6.61 Å². The van der Waals surface area contributed by atoms with Crippen LogP contribution < -0.4 is 0 Å². The Balaban J connectivity index is 1.54. The van der Waals surface area contributed by atoms with Gasteiger partial charge in [0.2, 0.25) is 0 Å². The van der Waals surface area contributed by atoms with Gasteiger partial charge in [-0.1, -0.05) is 19.3 Å². The average Bonchev–Trinajstić information content (AvgIpc) is 2.34. The van der Waals surface area contributed by atoms with Crippen molar-refractivity contribution >= 4 is 0 Å². The van der Waals surface area contributed by atoms with Gasteiger partial charge < -0.3 is 9.84 Å². The highest BCUT2D eigenvalue weighted by Gasteiger charge is 2.23. The predicted octanol–water partition coefficient (Wildman–Crippen LogP) is 2.43. The Morgan fingerprint density at radius 2 is 1.78 bits per heavy atom. The molecule has 0 amide bonds. The first-order chi connectivity index (χ1) is 8.90. The van der Waals surface area contributed by atoms with E-state index in [4.69, 9.17) is 9.84 Å². The fraction of sp³-hybridized carbons (Fsp3) is 1.00. The van der Waals surface area contributed by atoms with E-state index < -0.39 is 0 Å². The lowest BCUT2D eigenvalue weighted by Crippen LogP contribution is -2.42. The van der Waals surface area contributed by atoms with Crippen LogP contribution in [0.5, 0.6) is 0 Å². The molecule has 1 heterocycles. The van der Waals surface area contributed by atoms with E-state index in [1.165, 1.54) is 57.9 Å². The van der Waals surface area contributed by atoms with Gasteiger partial charge in [-0.05, 0) is 44.6 Å². The van der Waals surface area contributed by atoms with Crippen LogP contribution in [0.25, 0.3) is 0 Å². The minimum Gasteiger partial charge on any atom is -0.395 e. The topological polar surface area (TPSA) is 32.7 Å². The minimum atomic E-state index is 0.316. The van der Waals surface area contributed by atoms with Gasteiger partial charge in [0.1, 0.15) is 0 Å². The van der Waals surface area contributed by atoms with Gasteiger partial charge in [-0.2, -0.15) is 0 Å². The summed E-state index contributed by atoms with van der Waals surface area (Å²) < 4.78 is 5.39. The van der Waals surface area contributed by atoms with Crippen LogP contribution in [0.15, 0.2) is 0 Å². The largest absolute Gasteiger partial charge is 0.395 e. The number of hydrogen-bond acceptors (Lipinski definition) is 3. The maximum atomic E-state index is 9.11. The molecule has 0 atom stereocenters. The van der Waals surface area contributed by atoms with Gasteiger partial charge in [0, 0.05) is 25.8 Å². The third-order valence-electron chi connectivity index (χ3n) is 4.63. The Labute approximate surface area is 112 Å². The summed E-state index contributed by atoms with van der Waals surface area (Å²) >= 11 is 0. The van der Waals surface area contributed by atoms with Gasteiger partial charge in [-0.15, -0.1) is 0 Å². The number of ether oxygens (including phenoxy) is 1. The van der Waals surface area contributed by atoms with Crippen LogP contribution in [0.3, 0.4) is 0 Å². The van der Waals surface area contributed by atoms with E-state index in [1.807, 2.05) is 0 Å². The van der Waals surface area contributed by atoms with Crippen LogP contribution in [-0.4, -0.2) is 49.0 Å². The Bertz CT molecular complexity index is 213. The van der Waals surface area contributed by atoms with Crippen molar-refractivity contribution < 1.29 is 9.84 Å². The van der Waals surface area contributed by atoms with Crippen LogP contribution in [0.4, 0.5) is 0 Å². The molecule has 1 aliphatic heterocycles. The summed E-state index contributed by atoms with van der Waals surface area (Å²) in [5, 5.41) is 9.11. The van der Waals surface area contributed by atoms with E-state index in [0.717, 1.165) is 31.7 Å². The van der Waals surface area contributed by atoms with E-state index >= 15 is 0 Å². The van der Waals surface area contributed by atoms with Crippen molar-refractivity contribution in [2.45, 2.75) is 57.4 Å². The lowest BCUT2D eigenvalue weighted by molar-refractivity contribution is 0.0617. The van der Waals surface area contributed by atoms with Gasteiger partial charge in [-0.25, -0.2) is 0 Å². The summed E-state index contributed by atoms with van der Waals surface area (Å²) in [5.74, 6) is 0.911. The standard InChI is InChI=1S/C15H29NO2/c17-11-10-16(15-5-3-6-15)9-2-1-4-14-7-12-18-13-8-14/h14-15,17H,1-13H2. The molecule has 2 fully saturated rings. The quantitative estimate of drug-likeness (QED) is 0.676. The SMILES string of the molecule is OCCN(CCCCC1CCOCC1)C1CCC1. The van der Waals surface area contributed by atoms with Crippen LogP contribution >= 0.6 is 0 Å². The molecule has 2 rings (SSSR count). The minimum absolute atomic E-state index is 0.316. The van der Waals surface area contributed by atoms with E-state index in [1.54, 1.807) is 0 Å². The van der Waals surface area contributed by atoms with Gasteiger partial charge in [0.25, 0.3) is 0 Å². The molecule has 0 unspecified atom stereocenters. The first-order valence-electron chi connectivity index (χ1n) is 7.83. The van der Waals surface area contributed by atoms with Crippen molar-refractivity contribution in [2.24, 2.45) is 5.92 Å². The monoisotopic (exact) mass is 255 g/mol.